The number of carbonyl (C=O) groups is 1. The molecule has 1 aromatic carbocycles. The van der Waals surface area contributed by atoms with Gasteiger partial charge in [0.25, 0.3) is 0 Å². The van der Waals surface area contributed by atoms with Gasteiger partial charge in [-0.05, 0) is 37.9 Å². The lowest BCUT2D eigenvalue weighted by Gasteiger charge is -2.09. The van der Waals surface area contributed by atoms with Gasteiger partial charge < -0.3 is 10.6 Å². The van der Waals surface area contributed by atoms with E-state index < -0.39 is 0 Å². The first kappa shape index (κ1) is 17.3. The van der Waals surface area contributed by atoms with Gasteiger partial charge in [0, 0.05) is 29.7 Å². The van der Waals surface area contributed by atoms with Crippen LogP contribution in [-0.4, -0.2) is 30.8 Å². The predicted molar refractivity (Wildman–Crippen MR) is 87.7 cm³/mol. The van der Waals surface area contributed by atoms with Crippen LogP contribution < -0.4 is 10.6 Å². The molecule has 0 saturated carbocycles. The molecule has 5 heteroatoms. The number of benzene rings is 1. The maximum atomic E-state index is 11.7. The van der Waals surface area contributed by atoms with E-state index in [2.05, 4.69) is 22.8 Å². The fourth-order valence-corrected chi connectivity index (χ4v) is 3.06. The fraction of sp³-hybridized carbons (Fsp3) is 0.533. The molecular formula is C15H23ClN2OS. The Kier molecular flexibility index (Phi) is 8.74. The summed E-state index contributed by atoms with van der Waals surface area (Å²) in [6, 6.07) is 10.8. The Morgan fingerprint density at radius 3 is 2.85 bits per heavy atom. The van der Waals surface area contributed by atoms with Gasteiger partial charge in [0.15, 0.2) is 0 Å². The zero-order valence-electron chi connectivity index (χ0n) is 11.6. The average Bonchev–Trinajstić information content (AvgIpc) is 2.96. The first-order valence-corrected chi connectivity index (χ1v) is 8.01. The molecule has 0 bridgehead atoms. The second kappa shape index (κ2) is 10.1. The summed E-state index contributed by atoms with van der Waals surface area (Å²) in [5.41, 5.74) is 0. The van der Waals surface area contributed by atoms with Crippen LogP contribution in [0.3, 0.4) is 0 Å². The molecule has 1 aliphatic rings. The highest BCUT2D eigenvalue weighted by Gasteiger charge is 2.14. The largest absolute Gasteiger partial charge is 0.355 e. The van der Waals surface area contributed by atoms with Gasteiger partial charge in [-0.2, -0.15) is 0 Å². The highest BCUT2D eigenvalue weighted by molar-refractivity contribution is 7.99. The van der Waals surface area contributed by atoms with E-state index in [0.717, 1.165) is 25.3 Å². The molecule has 0 spiro atoms. The van der Waals surface area contributed by atoms with Crippen molar-refractivity contribution in [2.75, 3.05) is 18.8 Å². The van der Waals surface area contributed by atoms with Crippen LogP contribution in [0.25, 0.3) is 0 Å². The lowest BCUT2D eigenvalue weighted by Crippen LogP contribution is -2.28. The maximum absolute atomic E-state index is 11.7. The first-order valence-electron chi connectivity index (χ1n) is 7.02. The third-order valence-corrected chi connectivity index (χ3v) is 4.33. The number of hydrogen-bond donors (Lipinski definition) is 2. The van der Waals surface area contributed by atoms with Crippen molar-refractivity contribution in [1.29, 1.82) is 0 Å². The summed E-state index contributed by atoms with van der Waals surface area (Å²) in [7, 11) is 0. The summed E-state index contributed by atoms with van der Waals surface area (Å²) in [5.74, 6) is 1.11. The van der Waals surface area contributed by atoms with E-state index in [-0.39, 0.29) is 18.3 Å². The van der Waals surface area contributed by atoms with Gasteiger partial charge in [0.05, 0.1) is 0 Å². The lowest BCUT2D eigenvalue weighted by molar-refractivity contribution is -0.121. The molecule has 0 aromatic heterocycles. The molecule has 20 heavy (non-hydrogen) atoms. The van der Waals surface area contributed by atoms with E-state index >= 15 is 0 Å². The monoisotopic (exact) mass is 314 g/mol. The van der Waals surface area contributed by atoms with Crippen LogP contribution in [-0.2, 0) is 4.79 Å². The van der Waals surface area contributed by atoms with E-state index in [4.69, 9.17) is 0 Å². The highest BCUT2D eigenvalue weighted by Crippen LogP contribution is 2.15. The zero-order valence-corrected chi connectivity index (χ0v) is 13.3. The topological polar surface area (TPSA) is 41.1 Å². The van der Waals surface area contributed by atoms with Crippen molar-refractivity contribution in [3.63, 3.8) is 0 Å². The van der Waals surface area contributed by atoms with Gasteiger partial charge >= 0.3 is 0 Å². The first-order chi connectivity index (χ1) is 9.34. The summed E-state index contributed by atoms with van der Waals surface area (Å²) in [4.78, 5) is 12.9. The minimum absolute atomic E-state index is 0. The van der Waals surface area contributed by atoms with Crippen molar-refractivity contribution in [2.45, 2.75) is 36.6 Å². The van der Waals surface area contributed by atoms with E-state index in [9.17, 15) is 4.79 Å². The molecule has 1 aromatic rings. The Labute approximate surface area is 131 Å². The van der Waals surface area contributed by atoms with Crippen molar-refractivity contribution >= 4 is 30.1 Å². The van der Waals surface area contributed by atoms with Gasteiger partial charge in [0.2, 0.25) is 5.91 Å². The van der Waals surface area contributed by atoms with Crippen LogP contribution in [0.15, 0.2) is 35.2 Å². The Balaban J connectivity index is 0.00000200. The smallest absolute Gasteiger partial charge is 0.220 e. The van der Waals surface area contributed by atoms with Crippen molar-refractivity contribution in [2.24, 2.45) is 0 Å². The van der Waals surface area contributed by atoms with Gasteiger partial charge in [-0.25, -0.2) is 0 Å². The molecule has 0 radical (unpaired) electrons. The van der Waals surface area contributed by atoms with Crippen LogP contribution in [0, 0.1) is 0 Å². The van der Waals surface area contributed by atoms with Crippen LogP contribution in [0.5, 0.6) is 0 Å². The summed E-state index contributed by atoms with van der Waals surface area (Å²) >= 11 is 1.78. The Bertz CT molecular complexity index is 383. The predicted octanol–water partition coefficient (Wildman–Crippen LogP) is 2.85. The number of hydrogen-bond acceptors (Lipinski definition) is 3. The van der Waals surface area contributed by atoms with Crippen molar-refractivity contribution < 1.29 is 4.79 Å². The van der Waals surface area contributed by atoms with Crippen molar-refractivity contribution in [3.8, 4) is 0 Å². The van der Waals surface area contributed by atoms with Gasteiger partial charge in [-0.1, -0.05) is 18.2 Å². The third kappa shape index (κ3) is 6.64. The molecule has 1 amide bonds. The van der Waals surface area contributed by atoms with E-state index in [1.54, 1.807) is 11.8 Å². The fourth-order valence-electron chi connectivity index (χ4n) is 2.27. The number of rotatable bonds is 7. The number of carbonyl (C=O) groups excluding carboxylic acids is 1. The lowest BCUT2D eigenvalue weighted by atomic mass is 10.1. The summed E-state index contributed by atoms with van der Waals surface area (Å²) < 4.78 is 0. The third-order valence-electron chi connectivity index (χ3n) is 3.32. The minimum atomic E-state index is 0. The molecule has 1 atom stereocenters. The van der Waals surface area contributed by atoms with E-state index in [1.807, 2.05) is 18.2 Å². The molecule has 1 aliphatic heterocycles. The molecule has 112 valence electrons. The molecule has 1 saturated heterocycles. The van der Waals surface area contributed by atoms with Gasteiger partial charge in [0.1, 0.15) is 0 Å². The van der Waals surface area contributed by atoms with Crippen LogP contribution in [0.4, 0.5) is 0 Å². The quantitative estimate of drug-likeness (QED) is 0.600. The second-order valence-corrected chi connectivity index (χ2v) is 6.01. The Morgan fingerprint density at radius 1 is 1.35 bits per heavy atom. The summed E-state index contributed by atoms with van der Waals surface area (Å²) in [6.45, 7) is 1.86. The number of nitrogens with one attached hydrogen (secondary N) is 2. The zero-order chi connectivity index (χ0) is 13.3. The molecular weight excluding hydrogens is 292 g/mol. The number of thioether (sulfide) groups is 1. The standard InChI is InChI=1S/C15H22N2OS.ClH/c18-15(9-8-13-5-4-10-16-13)17-11-12-19-14-6-2-1-3-7-14;/h1-3,6-7,13,16H,4-5,8-12H2,(H,17,18);1H. The molecule has 0 aliphatic carbocycles. The van der Waals surface area contributed by atoms with Crippen LogP contribution in [0.1, 0.15) is 25.7 Å². The van der Waals surface area contributed by atoms with Crippen LogP contribution >= 0.6 is 24.2 Å². The molecule has 1 fully saturated rings. The number of halogens is 1. The van der Waals surface area contributed by atoms with E-state index in [0.29, 0.717) is 12.5 Å². The molecule has 3 nitrogen and oxygen atoms in total. The van der Waals surface area contributed by atoms with E-state index in [1.165, 1.54) is 17.7 Å². The van der Waals surface area contributed by atoms with Gasteiger partial charge in [-0.15, -0.1) is 24.2 Å². The van der Waals surface area contributed by atoms with Crippen molar-refractivity contribution in [3.05, 3.63) is 30.3 Å². The SMILES string of the molecule is Cl.O=C(CCC1CCCN1)NCCSc1ccccc1. The second-order valence-electron chi connectivity index (χ2n) is 4.84. The highest BCUT2D eigenvalue weighted by atomic mass is 35.5. The van der Waals surface area contributed by atoms with Crippen molar-refractivity contribution in [1.82, 2.24) is 10.6 Å². The summed E-state index contributed by atoms with van der Waals surface area (Å²) in [5, 5.41) is 6.41. The maximum Gasteiger partial charge on any atom is 0.220 e. The minimum Gasteiger partial charge on any atom is -0.355 e. The Morgan fingerprint density at radius 2 is 2.15 bits per heavy atom. The summed E-state index contributed by atoms with van der Waals surface area (Å²) in [6.07, 6.45) is 4.09. The average molecular weight is 315 g/mol. The molecule has 2 N–H and O–H groups in total. The number of amides is 1. The van der Waals surface area contributed by atoms with Crippen LogP contribution in [0.2, 0.25) is 0 Å². The molecule has 2 rings (SSSR count). The normalized spacial score (nSPS) is 17.5. The van der Waals surface area contributed by atoms with Gasteiger partial charge in [-0.3, -0.25) is 4.79 Å². The Hall–Kier alpha value is -0.710. The molecule has 1 heterocycles. The molecule has 1 unspecified atom stereocenters.